The van der Waals surface area contributed by atoms with Gasteiger partial charge < -0.3 is 20.1 Å². The van der Waals surface area contributed by atoms with Crippen LogP contribution in [0.5, 0.6) is 5.75 Å². The maximum absolute atomic E-state index is 14.9. The zero-order chi connectivity index (χ0) is 22.3. The molecule has 2 aromatic rings. The number of carbonyl (C=O) groups is 1. The maximum Gasteiger partial charge on any atom is 0.224 e. The summed E-state index contributed by atoms with van der Waals surface area (Å²) < 4.78 is 62.9. The van der Waals surface area contributed by atoms with Gasteiger partial charge in [0.2, 0.25) is 5.91 Å². The molecule has 1 saturated heterocycles. The van der Waals surface area contributed by atoms with Gasteiger partial charge in [0.15, 0.2) is 11.6 Å². The highest BCUT2D eigenvalue weighted by molar-refractivity contribution is 6.30. The van der Waals surface area contributed by atoms with Crippen molar-refractivity contribution in [2.75, 3.05) is 29.9 Å². The molecule has 0 bridgehead atoms. The molecule has 1 fully saturated rings. The number of ether oxygens (including phenoxy) is 1. The minimum atomic E-state index is -1.91. The molecule has 31 heavy (non-hydrogen) atoms. The van der Waals surface area contributed by atoms with Gasteiger partial charge in [-0.1, -0.05) is 11.6 Å². The van der Waals surface area contributed by atoms with Gasteiger partial charge in [-0.25, -0.2) is 17.6 Å². The summed E-state index contributed by atoms with van der Waals surface area (Å²) in [6.07, 6.45) is -1.63. The number of benzene rings is 2. The van der Waals surface area contributed by atoms with Crippen LogP contribution in [0.15, 0.2) is 24.3 Å². The van der Waals surface area contributed by atoms with Gasteiger partial charge in [0.05, 0.1) is 12.2 Å². The Morgan fingerprint density at radius 3 is 2.58 bits per heavy atom. The summed E-state index contributed by atoms with van der Waals surface area (Å²) in [5.41, 5.74) is -1.87. The van der Waals surface area contributed by atoms with Crippen molar-refractivity contribution in [1.29, 1.82) is 0 Å². The summed E-state index contributed by atoms with van der Waals surface area (Å²) in [7, 11) is 0. The molecular formula is C21H19ClF4N2O3. The van der Waals surface area contributed by atoms with Crippen LogP contribution in [0.25, 0.3) is 0 Å². The van der Waals surface area contributed by atoms with E-state index in [1.807, 2.05) is 0 Å². The van der Waals surface area contributed by atoms with Gasteiger partial charge in [0.1, 0.15) is 35.6 Å². The number of nitrogens with one attached hydrogen (secondary N) is 1. The number of hydrogen-bond donors (Lipinski definition) is 2. The minimum absolute atomic E-state index is 0.0149. The molecule has 0 saturated carbocycles. The van der Waals surface area contributed by atoms with Crippen LogP contribution in [0.4, 0.5) is 28.9 Å². The minimum Gasteiger partial charge on any atom is -0.490 e. The molecule has 2 aliphatic heterocycles. The van der Waals surface area contributed by atoms with E-state index >= 15 is 0 Å². The van der Waals surface area contributed by atoms with Crippen LogP contribution in [0.3, 0.4) is 0 Å². The van der Waals surface area contributed by atoms with E-state index in [0.717, 1.165) is 18.2 Å². The van der Waals surface area contributed by atoms with Crippen molar-refractivity contribution in [2.24, 2.45) is 0 Å². The third-order valence-corrected chi connectivity index (χ3v) is 5.86. The lowest BCUT2D eigenvalue weighted by atomic mass is 9.90. The van der Waals surface area contributed by atoms with Crippen molar-refractivity contribution < 1.29 is 32.2 Å². The molecule has 2 heterocycles. The highest BCUT2D eigenvalue weighted by Crippen LogP contribution is 2.36. The first-order chi connectivity index (χ1) is 14.7. The van der Waals surface area contributed by atoms with E-state index in [2.05, 4.69) is 5.32 Å². The predicted octanol–water partition coefficient (Wildman–Crippen LogP) is 4.00. The second kappa shape index (κ2) is 8.20. The topological polar surface area (TPSA) is 61.8 Å². The lowest BCUT2D eigenvalue weighted by molar-refractivity contribution is -0.116. The van der Waals surface area contributed by atoms with Crippen LogP contribution < -0.4 is 15.0 Å². The normalized spacial score (nSPS) is 23.4. The summed E-state index contributed by atoms with van der Waals surface area (Å²) in [5.74, 6) is -2.54. The van der Waals surface area contributed by atoms with E-state index in [1.54, 1.807) is 0 Å². The van der Waals surface area contributed by atoms with E-state index < -0.39 is 48.1 Å². The number of halogens is 5. The van der Waals surface area contributed by atoms with Crippen molar-refractivity contribution in [2.45, 2.75) is 31.0 Å². The fourth-order valence-corrected chi connectivity index (χ4v) is 4.10. The Kier molecular flexibility index (Phi) is 5.74. The van der Waals surface area contributed by atoms with E-state index in [1.165, 1.54) is 11.0 Å². The second-order valence-corrected chi connectivity index (χ2v) is 8.16. The molecule has 2 atom stereocenters. The van der Waals surface area contributed by atoms with Gasteiger partial charge in [0, 0.05) is 23.6 Å². The summed E-state index contributed by atoms with van der Waals surface area (Å²) >= 11 is 5.63. The zero-order valence-corrected chi connectivity index (χ0v) is 17.0. The molecule has 0 aliphatic carbocycles. The first kappa shape index (κ1) is 21.7. The van der Waals surface area contributed by atoms with Crippen molar-refractivity contribution in [1.82, 2.24) is 0 Å². The first-order valence-corrected chi connectivity index (χ1v) is 10.1. The van der Waals surface area contributed by atoms with Crippen molar-refractivity contribution in [3.05, 3.63) is 52.3 Å². The lowest BCUT2D eigenvalue weighted by Gasteiger charge is -2.41. The fourth-order valence-electron chi connectivity index (χ4n) is 3.90. The average Bonchev–Trinajstić information content (AvgIpc) is 2.70. The molecule has 0 radical (unpaired) electrons. The number of anilines is 2. The molecule has 0 aromatic heterocycles. The molecule has 2 aliphatic rings. The molecule has 2 aromatic carbocycles. The summed E-state index contributed by atoms with van der Waals surface area (Å²) in [6.45, 7) is -0.917. The van der Waals surface area contributed by atoms with Crippen molar-refractivity contribution in [3.63, 3.8) is 0 Å². The Labute approximate surface area is 180 Å². The Balaban J connectivity index is 1.48. The van der Waals surface area contributed by atoms with Gasteiger partial charge >= 0.3 is 0 Å². The van der Waals surface area contributed by atoms with Crippen LogP contribution >= 0.6 is 11.6 Å². The monoisotopic (exact) mass is 458 g/mol. The summed E-state index contributed by atoms with van der Waals surface area (Å²) in [6, 6.07) is 4.35. The summed E-state index contributed by atoms with van der Waals surface area (Å²) in [5, 5.41) is 13.1. The van der Waals surface area contributed by atoms with Crippen LogP contribution in [-0.2, 0) is 11.2 Å². The van der Waals surface area contributed by atoms with Gasteiger partial charge in [-0.2, -0.15) is 0 Å². The van der Waals surface area contributed by atoms with Gasteiger partial charge in [-0.15, -0.1) is 0 Å². The number of alkyl halides is 1. The maximum atomic E-state index is 14.9. The quantitative estimate of drug-likeness (QED) is 0.680. The van der Waals surface area contributed by atoms with Crippen LogP contribution in [-0.4, -0.2) is 42.5 Å². The van der Waals surface area contributed by atoms with Crippen LogP contribution in [0.2, 0.25) is 5.02 Å². The number of nitrogens with zero attached hydrogens (tertiary/aromatic N) is 1. The first-order valence-electron chi connectivity index (χ1n) is 9.68. The van der Waals surface area contributed by atoms with E-state index in [9.17, 15) is 27.5 Å². The molecule has 1 amide bonds. The van der Waals surface area contributed by atoms with E-state index in [4.69, 9.17) is 16.3 Å². The highest BCUT2D eigenvalue weighted by Gasteiger charge is 2.44. The second-order valence-electron chi connectivity index (χ2n) is 7.72. The average molecular weight is 459 g/mol. The smallest absolute Gasteiger partial charge is 0.224 e. The predicted molar refractivity (Wildman–Crippen MR) is 107 cm³/mol. The molecule has 166 valence electrons. The number of piperidine rings is 1. The summed E-state index contributed by atoms with van der Waals surface area (Å²) in [4.78, 5) is 12.7. The molecule has 5 nitrogen and oxygen atoms in total. The van der Waals surface area contributed by atoms with Crippen LogP contribution in [0, 0.1) is 17.5 Å². The Hall–Kier alpha value is -2.52. The highest BCUT2D eigenvalue weighted by atomic mass is 35.5. The standard InChI is InChI=1S/C21H19ClF4N2O3/c22-11-7-14(24)20(15(25)8-11)28-6-5-21(30,17(26)9-28)10-31-16-3-2-13(23)19-12(16)1-4-18(29)27-19/h2-3,7-8,17,30H,1,4-6,9-10H2,(H,27,29)/t17-,21-/m1/s1. The third-order valence-electron chi connectivity index (χ3n) is 5.64. The van der Waals surface area contributed by atoms with E-state index in [0.29, 0.717) is 5.56 Å². The molecule has 4 rings (SSSR count). The SMILES string of the molecule is O=C1CCc2c(OC[C@]3(O)CCN(c4c(F)cc(Cl)cc4F)C[C@H]3F)ccc(F)c2N1. The van der Waals surface area contributed by atoms with Crippen molar-refractivity contribution in [3.8, 4) is 5.75 Å². The number of hydrogen-bond acceptors (Lipinski definition) is 4. The van der Waals surface area contributed by atoms with Crippen molar-refractivity contribution >= 4 is 28.9 Å². The molecule has 0 spiro atoms. The lowest BCUT2D eigenvalue weighted by Crippen LogP contribution is -2.57. The van der Waals surface area contributed by atoms with Gasteiger partial charge in [-0.05, 0) is 37.1 Å². The number of fused-ring (bicyclic) bond motifs is 1. The zero-order valence-electron chi connectivity index (χ0n) is 16.2. The molecular weight excluding hydrogens is 440 g/mol. The fraction of sp³-hybridized carbons (Fsp3) is 0.381. The Bertz CT molecular complexity index is 1010. The Morgan fingerprint density at radius 1 is 1.19 bits per heavy atom. The van der Waals surface area contributed by atoms with Gasteiger partial charge in [0.25, 0.3) is 0 Å². The van der Waals surface area contributed by atoms with Crippen LogP contribution in [0.1, 0.15) is 18.4 Å². The third kappa shape index (κ3) is 4.16. The number of rotatable bonds is 4. The molecule has 2 N–H and O–H groups in total. The molecule has 0 unspecified atom stereocenters. The van der Waals surface area contributed by atoms with E-state index in [-0.39, 0.29) is 48.2 Å². The molecule has 10 heteroatoms. The largest absolute Gasteiger partial charge is 0.490 e. The van der Waals surface area contributed by atoms with Gasteiger partial charge in [-0.3, -0.25) is 4.79 Å². The number of aliphatic hydroxyl groups is 1. The number of amides is 1. The Morgan fingerprint density at radius 2 is 1.90 bits per heavy atom. The number of carbonyl (C=O) groups excluding carboxylic acids is 1.